The van der Waals surface area contributed by atoms with E-state index in [0.717, 1.165) is 33.6 Å². The molecule has 0 bridgehead atoms. The Kier molecular flexibility index (Phi) is 5.46. The average molecular weight is 491 g/mol. The number of hydrogen-bond acceptors (Lipinski definition) is 8. The number of rotatable bonds is 4. The van der Waals surface area contributed by atoms with Crippen molar-refractivity contribution in [3.05, 3.63) is 103 Å². The van der Waals surface area contributed by atoms with E-state index >= 15 is 0 Å². The summed E-state index contributed by atoms with van der Waals surface area (Å²) < 4.78 is 12.7. The predicted molar refractivity (Wildman–Crippen MR) is 134 cm³/mol. The van der Waals surface area contributed by atoms with Gasteiger partial charge in [-0.2, -0.15) is 0 Å². The number of hydrogen-bond donors (Lipinski definition) is 2. The van der Waals surface area contributed by atoms with Gasteiger partial charge in [0.15, 0.2) is 12.5 Å². The van der Waals surface area contributed by atoms with Gasteiger partial charge in [-0.25, -0.2) is 0 Å². The molecule has 2 unspecified atom stereocenters. The van der Waals surface area contributed by atoms with Gasteiger partial charge < -0.3 is 20.1 Å². The van der Waals surface area contributed by atoms with Crippen LogP contribution in [-0.2, 0) is 20.7 Å². The second-order valence-electron chi connectivity index (χ2n) is 9.95. The van der Waals surface area contributed by atoms with Crippen LogP contribution in [0.15, 0.2) is 60.7 Å². The van der Waals surface area contributed by atoms with Crippen molar-refractivity contribution in [2.45, 2.75) is 51.4 Å². The summed E-state index contributed by atoms with van der Waals surface area (Å²) >= 11 is 0. The summed E-state index contributed by atoms with van der Waals surface area (Å²) in [5.41, 5.74) is 3.98. The minimum absolute atomic E-state index is 0.0204. The molecular weight excluding hydrogens is 464 g/mol. The maximum absolute atomic E-state index is 11.0. The van der Waals surface area contributed by atoms with E-state index < -0.39 is 33.5 Å². The third-order valence-corrected chi connectivity index (χ3v) is 6.67. The lowest BCUT2D eigenvalue weighted by Crippen LogP contribution is -2.37. The van der Waals surface area contributed by atoms with Crippen molar-refractivity contribution in [3.63, 3.8) is 0 Å². The van der Waals surface area contributed by atoms with Crippen molar-refractivity contribution >= 4 is 22.7 Å². The summed E-state index contributed by atoms with van der Waals surface area (Å²) in [6.45, 7) is 7.95. The van der Waals surface area contributed by atoms with E-state index in [1.807, 2.05) is 33.8 Å². The number of ether oxygens (including phenoxy) is 2. The molecule has 0 saturated carbocycles. The molecule has 3 aromatic rings. The fourth-order valence-electron chi connectivity index (χ4n) is 4.74. The third kappa shape index (κ3) is 4.14. The maximum atomic E-state index is 11.0. The van der Waals surface area contributed by atoms with Crippen molar-refractivity contribution in [2.75, 3.05) is 10.6 Å². The zero-order valence-electron chi connectivity index (χ0n) is 20.3. The molecule has 2 N–H and O–H groups in total. The quantitative estimate of drug-likeness (QED) is 0.324. The molecule has 0 amide bonds. The van der Waals surface area contributed by atoms with E-state index in [0.29, 0.717) is 0 Å². The van der Waals surface area contributed by atoms with Gasteiger partial charge in [0.1, 0.15) is 0 Å². The van der Waals surface area contributed by atoms with Crippen molar-refractivity contribution in [2.24, 2.45) is 0 Å². The van der Waals surface area contributed by atoms with Crippen LogP contribution in [-0.4, -0.2) is 9.85 Å². The zero-order chi connectivity index (χ0) is 25.8. The van der Waals surface area contributed by atoms with Gasteiger partial charge in [-0.1, -0.05) is 0 Å². The Morgan fingerprint density at radius 3 is 1.36 bits per heavy atom. The van der Waals surface area contributed by atoms with Crippen LogP contribution in [0.3, 0.4) is 0 Å². The summed E-state index contributed by atoms with van der Waals surface area (Å²) in [7, 11) is 0. The summed E-state index contributed by atoms with van der Waals surface area (Å²) in [4.78, 5) is 21.2. The van der Waals surface area contributed by atoms with E-state index in [1.165, 1.54) is 24.3 Å². The lowest BCUT2D eigenvalue weighted by molar-refractivity contribution is -0.385. The summed E-state index contributed by atoms with van der Waals surface area (Å²) in [5.74, 6) is 0. The molecule has 3 aromatic carbocycles. The normalized spacial score (nSPS) is 21.3. The van der Waals surface area contributed by atoms with E-state index in [2.05, 4.69) is 16.7 Å². The highest BCUT2D eigenvalue weighted by molar-refractivity contribution is 5.70. The molecule has 186 valence electrons. The fraction of sp³-hybridized carbons (Fsp3) is 0.308. The molecule has 10 heteroatoms. The number of nitrogens with one attached hydrogen (secondary N) is 2. The molecule has 36 heavy (non-hydrogen) atoms. The van der Waals surface area contributed by atoms with E-state index in [1.54, 1.807) is 24.3 Å². The lowest BCUT2D eigenvalue weighted by atomic mass is 9.85. The number of nitro benzene ring substituents is 2. The van der Waals surface area contributed by atoms with Crippen LogP contribution >= 0.6 is 0 Å². The predicted octanol–water partition coefficient (Wildman–Crippen LogP) is 6.26. The second kappa shape index (κ2) is 8.28. The number of nitrogens with zero attached hydrogens (tertiary/aromatic N) is 2. The smallest absolute Gasteiger partial charge is 0.269 e. The summed E-state index contributed by atoms with van der Waals surface area (Å²) in [6, 6.07) is 16.7. The van der Waals surface area contributed by atoms with Crippen LogP contribution in [0.5, 0.6) is 0 Å². The van der Waals surface area contributed by atoms with Crippen molar-refractivity contribution in [3.8, 4) is 0 Å². The number of benzene rings is 3. The van der Waals surface area contributed by atoms with Gasteiger partial charge >= 0.3 is 0 Å². The molecule has 0 aromatic heterocycles. The van der Waals surface area contributed by atoms with Crippen LogP contribution in [0.1, 0.15) is 62.4 Å². The fourth-order valence-corrected chi connectivity index (χ4v) is 4.74. The molecule has 2 atom stereocenters. The van der Waals surface area contributed by atoms with Crippen LogP contribution in [0.25, 0.3) is 0 Å². The van der Waals surface area contributed by atoms with Crippen LogP contribution in [0, 0.1) is 20.2 Å². The molecule has 0 spiro atoms. The van der Waals surface area contributed by atoms with Crippen molar-refractivity contribution in [1.29, 1.82) is 0 Å². The zero-order valence-corrected chi connectivity index (χ0v) is 20.3. The van der Waals surface area contributed by atoms with Gasteiger partial charge in [0, 0.05) is 57.9 Å². The highest BCUT2D eigenvalue weighted by Gasteiger charge is 2.40. The highest BCUT2D eigenvalue weighted by atomic mass is 16.6. The molecule has 0 aliphatic carbocycles. The molecule has 10 nitrogen and oxygen atoms in total. The van der Waals surface area contributed by atoms with Gasteiger partial charge in [-0.05, 0) is 64.1 Å². The second-order valence-corrected chi connectivity index (χ2v) is 9.95. The highest BCUT2D eigenvalue weighted by Crippen LogP contribution is 2.49. The molecule has 5 rings (SSSR count). The lowest BCUT2D eigenvalue weighted by Gasteiger charge is -2.43. The van der Waals surface area contributed by atoms with Gasteiger partial charge in [-0.3, -0.25) is 20.2 Å². The Bertz CT molecular complexity index is 1250. The van der Waals surface area contributed by atoms with Gasteiger partial charge in [0.2, 0.25) is 0 Å². The number of anilines is 2. The SMILES string of the molecule is CC1(C)OC(c2ccc([N+](=O)[O-])cc2)Nc2cc3c(cc21)C(C)(C)OC(c1ccc([N+](=O)[O-])cc1)N3. The molecule has 2 aliphatic heterocycles. The Morgan fingerprint density at radius 2 is 1.03 bits per heavy atom. The molecule has 0 fully saturated rings. The van der Waals surface area contributed by atoms with Gasteiger partial charge in [-0.15, -0.1) is 0 Å². The molecule has 0 radical (unpaired) electrons. The Hall–Kier alpha value is -4.02. The Morgan fingerprint density at radius 1 is 0.667 bits per heavy atom. The number of non-ortho nitro benzene ring substituents is 2. The standard InChI is InChI=1S/C26H26N4O6/c1-25(2)19-13-20-22(14-21(19)27-23(35-25)15-5-9-17(10-6-15)29(31)32)28-24(36-26(20,3)4)16-7-11-18(12-8-16)30(33)34/h5-14,23-24,27-28H,1-4H3. The molecule has 2 aliphatic rings. The number of nitro groups is 2. The first-order chi connectivity index (χ1) is 16.9. The van der Waals surface area contributed by atoms with Crippen LogP contribution < -0.4 is 10.6 Å². The van der Waals surface area contributed by atoms with Crippen molar-refractivity contribution in [1.82, 2.24) is 0 Å². The van der Waals surface area contributed by atoms with Crippen molar-refractivity contribution < 1.29 is 19.3 Å². The first-order valence-corrected chi connectivity index (χ1v) is 11.5. The largest absolute Gasteiger partial charge is 0.356 e. The van der Waals surface area contributed by atoms with E-state index in [9.17, 15) is 20.2 Å². The molecule has 2 heterocycles. The minimum Gasteiger partial charge on any atom is -0.356 e. The Balaban J connectivity index is 1.49. The molecular formula is C26H26N4O6. The van der Waals surface area contributed by atoms with Crippen LogP contribution in [0.4, 0.5) is 22.7 Å². The number of fused-ring (bicyclic) bond motifs is 2. The third-order valence-electron chi connectivity index (χ3n) is 6.67. The monoisotopic (exact) mass is 490 g/mol. The van der Waals surface area contributed by atoms with Crippen LogP contribution in [0.2, 0.25) is 0 Å². The van der Waals surface area contributed by atoms with Gasteiger partial charge in [0.05, 0.1) is 21.0 Å². The average Bonchev–Trinajstić information content (AvgIpc) is 2.82. The Labute approximate surface area is 207 Å². The van der Waals surface area contributed by atoms with E-state index in [-0.39, 0.29) is 11.4 Å². The maximum Gasteiger partial charge on any atom is 0.269 e. The first kappa shape index (κ1) is 23.7. The first-order valence-electron chi connectivity index (χ1n) is 11.5. The molecule has 0 saturated heterocycles. The summed E-state index contributed by atoms with van der Waals surface area (Å²) in [6.07, 6.45) is -0.991. The minimum atomic E-state index is -0.645. The summed E-state index contributed by atoms with van der Waals surface area (Å²) in [5, 5.41) is 28.9. The topological polar surface area (TPSA) is 129 Å². The van der Waals surface area contributed by atoms with E-state index in [4.69, 9.17) is 9.47 Å². The van der Waals surface area contributed by atoms with Gasteiger partial charge in [0.25, 0.3) is 11.4 Å².